The minimum absolute atomic E-state index is 0.138. The number of rotatable bonds is 4. The average molecular weight is 237 g/mol. The van der Waals surface area contributed by atoms with Crippen molar-refractivity contribution in [3.05, 3.63) is 17.5 Å². The Bertz CT molecular complexity index is 518. The second-order valence-corrected chi connectivity index (χ2v) is 3.19. The molecule has 0 fully saturated rings. The van der Waals surface area contributed by atoms with Gasteiger partial charge in [0, 0.05) is 5.56 Å². The number of carbonyl (C=O) groups is 1. The molecule has 2 rings (SSSR count). The smallest absolute Gasteiger partial charge is 0.337 e. The van der Waals surface area contributed by atoms with Crippen molar-refractivity contribution >= 4 is 11.9 Å². The molecule has 1 amide bonds. The molecule has 0 spiro atoms. The molecule has 2 heterocycles. The van der Waals surface area contributed by atoms with Crippen molar-refractivity contribution in [1.82, 2.24) is 20.3 Å². The maximum absolute atomic E-state index is 11.7. The van der Waals surface area contributed by atoms with E-state index in [9.17, 15) is 4.79 Å². The second kappa shape index (κ2) is 4.64. The molecule has 17 heavy (non-hydrogen) atoms. The number of anilines is 1. The van der Waals surface area contributed by atoms with Crippen molar-refractivity contribution in [2.45, 2.75) is 13.8 Å². The van der Waals surface area contributed by atoms with E-state index in [-0.39, 0.29) is 17.7 Å². The number of aromatic nitrogens is 4. The Labute approximate surface area is 96.4 Å². The summed E-state index contributed by atoms with van der Waals surface area (Å²) in [6, 6.07) is 0.178. The summed E-state index contributed by atoms with van der Waals surface area (Å²) in [5.74, 6) is -0.118. The van der Waals surface area contributed by atoms with E-state index in [2.05, 4.69) is 25.7 Å². The number of nitrogens with zero attached hydrogens (tertiary/aromatic N) is 3. The third kappa shape index (κ3) is 2.41. The highest BCUT2D eigenvalue weighted by Gasteiger charge is 2.16. The molecule has 0 aromatic carbocycles. The molecule has 90 valence electrons. The van der Waals surface area contributed by atoms with E-state index in [1.165, 1.54) is 6.20 Å². The number of hydrogen-bond donors (Lipinski definition) is 2. The van der Waals surface area contributed by atoms with Gasteiger partial charge in [-0.2, -0.15) is 4.98 Å². The van der Waals surface area contributed by atoms with Crippen molar-refractivity contribution in [3.63, 3.8) is 0 Å². The maximum Gasteiger partial charge on any atom is 0.337 e. The summed E-state index contributed by atoms with van der Waals surface area (Å²) < 4.78 is 9.84. The van der Waals surface area contributed by atoms with Crippen LogP contribution in [0.3, 0.4) is 0 Å². The maximum atomic E-state index is 11.7. The largest absolute Gasteiger partial charge is 0.463 e. The predicted octanol–water partition coefficient (Wildman–Crippen LogP) is 0.752. The van der Waals surface area contributed by atoms with Crippen LogP contribution in [-0.4, -0.2) is 32.9 Å². The highest BCUT2D eigenvalue weighted by atomic mass is 16.5. The van der Waals surface area contributed by atoms with Gasteiger partial charge in [-0.3, -0.25) is 10.1 Å². The monoisotopic (exact) mass is 237 g/mol. The zero-order chi connectivity index (χ0) is 12.3. The van der Waals surface area contributed by atoms with Crippen LogP contribution in [0.4, 0.5) is 5.95 Å². The molecule has 0 saturated heterocycles. The number of aryl methyl sites for hydroxylation is 1. The number of amides is 1. The fraction of sp³-hybridized carbons (Fsp3) is 0.333. The summed E-state index contributed by atoms with van der Waals surface area (Å²) in [6.07, 6.45) is 1.46. The second-order valence-electron chi connectivity index (χ2n) is 3.19. The van der Waals surface area contributed by atoms with Crippen molar-refractivity contribution in [2.75, 3.05) is 11.9 Å². The summed E-state index contributed by atoms with van der Waals surface area (Å²) in [6.45, 7) is 3.98. The number of hydrogen-bond acceptors (Lipinski definition) is 6. The van der Waals surface area contributed by atoms with E-state index < -0.39 is 5.91 Å². The molecule has 2 aromatic heterocycles. The summed E-state index contributed by atoms with van der Waals surface area (Å²) in [5, 5.41) is 12.3. The minimum atomic E-state index is -0.445. The minimum Gasteiger partial charge on any atom is -0.463 e. The van der Waals surface area contributed by atoms with Crippen LogP contribution in [-0.2, 0) is 0 Å². The molecule has 0 bridgehead atoms. The van der Waals surface area contributed by atoms with Gasteiger partial charge in [0.1, 0.15) is 0 Å². The quantitative estimate of drug-likeness (QED) is 0.812. The standard InChI is InChI=1S/C9H11N5O3/c1-3-16-9-12-8(13-14-9)11-7(15)6-5(2)4-10-17-6/h4H,3H2,1-2H3,(H2,11,12,13,14,15). The molecule has 0 aliphatic rings. The third-order valence-corrected chi connectivity index (χ3v) is 1.92. The Hall–Kier alpha value is -2.38. The van der Waals surface area contributed by atoms with Crippen molar-refractivity contribution in [2.24, 2.45) is 0 Å². The van der Waals surface area contributed by atoms with Crippen LogP contribution < -0.4 is 10.1 Å². The van der Waals surface area contributed by atoms with Crippen LogP contribution >= 0.6 is 0 Å². The molecular weight excluding hydrogens is 226 g/mol. The molecule has 2 N–H and O–H groups in total. The van der Waals surface area contributed by atoms with Crippen molar-refractivity contribution < 1.29 is 14.1 Å². The molecule has 0 radical (unpaired) electrons. The first-order chi connectivity index (χ1) is 8.20. The molecule has 8 heteroatoms. The first-order valence-corrected chi connectivity index (χ1v) is 4.98. The van der Waals surface area contributed by atoms with Gasteiger partial charge in [0.05, 0.1) is 12.8 Å². The predicted molar refractivity (Wildman–Crippen MR) is 56.7 cm³/mol. The Kier molecular flexibility index (Phi) is 3.03. The molecule has 0 unspecified atom stereocenters. The van der Waals surface area contributed by atoms with Crippen molar-refractivity contribution in [3.8, 4) is 6.01 Å². The summed E-state index contributed by atoms with van der Waals surface area (Å²) >= 11 is 0. The SMILES string of the molecule is CCOc1n[nH]c(NC(=O)c2oncc2C)n1. The third-order valence-electron chi connectivity index (χ3n) is 1.92. The number of aromatic amines is 1. The molecule has 2 aromatic rings. The van der Waals surface area contributed by atoms with Crippen LogP contribution in [0.15, 0.2) is 10.7 Å². The fourth-order valence-electron chi connectivity index (χ4n) is 1.17. The number of nitrogens with one attached hydrogen (secondary N) is 2. The van der Waals surface area contributed by atoms with Gasteiger partial charge in [0.2, 0.25) is 11.7 Å². The molecule has 0 atom stereocenters. The Balaban J connectivity index is 2.05. The first-order valence-electron chi connectivity index (χ1n) is 4.98. The Morgan fingerprint density at radius 1 is 1.65 bits per heavy atom. The van der Waals surface area contributed by atoms with Gasteiger partial charge in [-0.05, 0) is 13.8 Å². The number of ether oxygens (including phenoxy) is 1. The van der Waals surface area contributed by atoms with E-state index >= 15 is 0 Å². The fourth-order valence-corrected chi connectivity index (χ4v) is 1.17. The lowest BCUT2D eigenvalue weighted by atomic mass is 10.3. The van der Waals surface area contributed by atoms with E-state index in [1.807, 2.05) is 6.92 Å². The van der Waals surface area contributed by atoms with Crippen LogP contribution in [0, 0.1) is 6.92 Å². The van der Waals surface area contributed by atoms with Gasteiger partial charge in [-0.1, -0.05) is 5.16 Å². The highest BCUT2D eigenvalue weighted by Crippen LogP contribution is 2.10. The lowest BCUT2D eigenvalue weighted by molar-refractivity contribution is 0.0986. The van der Waals surface area contributed by atoms with E-state index in [4.69, 9.17) is 9.26 Å². The van der Waals surface area contributed by atoms with E-state index in [0.29, 0.717) is 12.2 Å². The lowest BCUT2D eigenvalue weighted by Crippen LogP contribution is -2.13. The molecule has 8 nitrogen and oxygen atoms in total. The van der Waals surface area contributed by atoms with Crippen LogP contribution in [0.5, 0.6) is 6.01 Å². The average Bonchev–Trinajstić information content (AvgIpc) is 2.88. The first kappa shape index (κ1) is 11.1. The van der Waals surface area contributed by atoms with Gasteiger partial charge in [-0.25, -0.2) is 5.10 Å². The normalized spacial score (nSPS) is 10.2. The van der Waals surface area contributed by atoms with Gasteiger partial charge >= 0.3 is 6.01 Å². The summed E-state index contributed by atoms with van der Waals surface area (Å²) in [7, 11) is 0. The van der Waals surface area contributed by atoms with Crippen LogP contribution in [0.2, 0.25) is 0 Å². The molecule has 0 aliphatic heterocycles. The summed E-state index contributed by atoms with van der Waals surface area (Å²) in [4.78, 5) is 15.6. The molecule has 0 saturated carbocycles. The van der Waals surface area contributed by atoms with Crippen LogP contribution in [0.25, 0.3) is 0 Å². The zero-order valence-corrected chi connectivity index (χ0v) is 9.35. The zero-order valence-electron chi connectivity index (χ0n) is 9.35. The van der Waals surface area contributed by atoms with Gasteiger partial charge in [0.15, 0.2) is 0 Å². The Morgan fingerprint density at radius 2 is 2.47 bits per heavy atom. The van der Waals surface area contributed by atoms with E-state index in [0.717, 1.165) is 0 Å². The molecular formula is C9H11N5O3. The van der Waals surface area contributed by atoms with Gasteiger partial charge in [0.25, 0.3) is 5.91 Å². The van der Waals surface area contributed by atoms with Crippen LogP contribution in [0.1, 0.15) is 23.0 Å². The number of H-pyrrole nitrogens is 1. The lowest BCUT2D eigenvalue weighted by Gasteiger charge is -1.97. The topological polar surface area (TPSA) is 106 Å². The summed E-state index contributed by atoms with van der Waals surface area (Å²) in [5.41, 5.74) is 0.645. The highest BCUT2D eigenvalue weighted by molar-refractivity contribution is 6.01. The number of carbonyl (C=O) groups excluding carboxylic acids is 1. The van der Waals surface area contributed by atoms with Gasteiger partial charge < -0.3 is 9.26 Å². The molecule has 0 aliphatic carbocycles. The Morgan fingerprint density at radius 3 is 3.12 bits per heavy atom. The van der Waals surface area contributed by atoms with Gasteiger partial charge in [-0.15, -0.1) is 5.10 Å². The van der Waals surface area contributed by atoms with E-state index in [1.54, 1.807) is 6.92 Å². The van der Waals surface area contributed by atoms with Crippen molar-refractivity contribution in [1.29, 1.82) is 0 Å².